The summed E-state index contributed by atoms with van der Waals surface area (Å²) >= 11 is 3.38. The number of nitrogens with zero attached hydrogens (tertiary/aromatic N) is 2. The maximum absolute atomic E-state index is 11.9. The summed E-state index contributed by atoms with van der Waals surface area (Å²) in [6, 6.07) is 9.31. The van der Waals surface area contributed by atoms with Crippen LogP contribution in [0.2, 0.25) is 0 Å². The molecule has 1 aromatic heterocycles. The predicted molar refractivity (Wildman–Crippen MR) is 79.4 cm³/mol. The van der Waals surface area contributed by atoms with E-state index in [9.17, 15) is 4.79 Å². The Bertz CT molecular complexity index is 655. The Morgan fingerprint density at radius 1 is 1.35 bits per heavy atom. The fraction of sp³-hybridized carbons (Fsp3) is 0.286. The minimum Gasteiger partial charge on any atom is -0.492 e. The number of ether oxygens (including phenoxy) is 2. The summed E-state index contributed by atoms with van der Waals surface area (Å²) in [6.07, 6.45) is 0. The minimum atomic E-state index is -0.146. The summed E-state index contributed by atoms with van der Waals surface area (Å²) in [6.45, 7) is 2.49. The lowest BCUT2D eigenvalue weighted by atomic mass is 10.3. The van der Waals surface area contributed by atoms with Crippen molar-refractivity contribution in [2.24, 2.45) is 0 Å². The van der Waals surface area contributed by atoms with E-state index in [4.69, 9.17) is 9.47 Å². The summed E-state index contributed by atoms with van der Waals surface area (Å²) in [5, 5.41) is 0. The predicted octanol–water partition coefficient (Wildman–Crippen LogP) is 2.40. The summed E-state index contributed by atoms with van der Waals surface area (Å²) in [5.41, 5.74) is 0.489. The summed E-state index contributed by atoms with van der Waals surface area (Å²) in [5.74, 6) is 0.742. The highest BCUT2D eigenvalue weighted by atomic mass is 79.9. The third-order valence-corrected chi connectivity index (χ3v) is 3.16. The van der Waals surface area contributed by atoms with E-state index in [0.717, 1.165) is 10.2 Å². The number of hydrogen-bond acceptors (Lipinski definition) is 4. The molecule has 0 saturated heterocycles. The zero-order valence-corrected chi connectivity index (χ0v) is 12.9. The van der Waals surface area contributed by atoms with Gasteiger partial charge >= 0.3 is 0 Å². The number of rotatable bonds is 5. The molecule has 0 amide bonds. The largest absolute Gasteiger partial charge is 0.492 e. The lowest BCUT2D eigenvalue weighted by Gasteiger charge is -2.12. The van der Waals surface area contributed by atoms with Crippen molar-refractivity contribution in [1.82, 2.24) is 9.55 Å². The molecule has 0 saturated carbocycles. The highest BCUT2D eigenvalue weighted by Crippen LogP contribution is 2.17. The molecule has 5 nitrogen and oxygen atoms in total. The highest BCUT2D eigenvalue weighted by Gasteiger charge is 2.07. The van der Waals surface area contributed by atoms with Gasteiger partial charge in [-0.3, -0.25) is 9.36 Å². The molecule has 1 heterocycles. The van der Waals surface area contributed by atoms with E-state index in [-0.39, 0.29) is 5.56 Å². The Hall–Kier alpha value is -1.82. The number of aromatic nitrogens is 2. The Kier molecular flexibility index (Phi) is 4.79. The van der Waals surface area contributed by atoms with Crippen LogP contribution in [0.4, 0.5) is 0 Å². The van der Waals surface area contributed by atoms with E-state index in [1.807, 2.05) is 24.3 Å². The van der Waals surface area contributed by atoms with Crippen molar-refractivity contribution >= 4 is 15.9 Å². The first-order valence-corrected chi connectivity index (χ1v) is 6.90. The van der Waals surface area contributed by atoms with E-state index in [0.29, 0.717) is 24.9 Å². The fourth-order valence-electron chi connectivity index (χ4n) is 1.77. The number of halogens is 1. The monoisotopic (exact) mass is 338 g/mol. The first-order chi connectivity index (χ1) is 9.60. The van der Waals surface area contributed by atoms with Gasteiger partial charge in [-0.05, 0) is 25.1 Å². The molecule has 0 aliphatic heterocycles. The van der Waals surface area contributed by atoms with Gasteiger partial charge in [0.1, 0.15) is 12.4 Å². The summed E-state index contributed by atoms with van der Waals surface area (Å²) in [4.78, 5) is 16.1. The molecule has 0 spiro atoms. The van der Waals surface area contributed by atoms with Gasteiger partial charge in [0.2, 0.25) is 0 Å². The Labute approximate surface area is 125 Å². The van der Waals surface area contributed by atoms with Crippen LogP contribution in [0.25, 0.3) is 0 Å². The van der Waals surface area contributed by atoms with Crippen molar-refractivity contribution in [3.8, 4) is 11.8 Å². The molecule has 106 valence electrons. The molecule has 0 aliphatic rings. The third kappa shape index (κ3) is 3.60. The average molecular weight is 339 g/mol. The quantitative estimate of drug-likeness (QED) is 0.839. The van der Waals surface area contributed by atoms with Gasteiger partial charge in [-0.2, -0.15) is 0 Å². The normalized spacial score (nSPS) is 10.3. The zero-order chi connectivity index (χ0) is 14.5. The molecule has 2 aromatic rings. The van der Waals surface area contributed by atoms with Crippen LogP contribution in [-0.2, 0) is 6.54 Å². The van der Waals surface area contributed by atoms with Gasteiger partial charge in [-0.15, -0.1) is 0 Å². The van der Waals surface area contributed by atoms with E-state index >= 15 is 0 Å². The van der Waals surface area contributed by atoms with E-state index in [1.165, 1.54) is 17.7 Å². The average Bonchev–Trinajstić information content (AvgIpc) is 2.40. The first kappa shape index (κ1) is 14.6. The van der Waals surface area contributed by atoms with Crippen LogP contribution in [0.5, 0.6) is 11.8 Å². The van der Waals surface area contributed by atoms with Crippen LogP contribution in [0.1, 0.15) is 5.69 Å². The molecular formula is C14H15BrN2O3. The number of benzene rings is 1. The van der Waals surface area contributed by atoms with Crippen molar-refractivity contribution in [2.45, 2.75) is 13.5 Å². The molecule has 0 radical (unpaired) electrons. The molecule has 6 heteroatoms. The van der Waals surface area contributed by atoms with Crippen molar-refractivity contribution in [3.05, 3.63) is 50.9 Å². The lowest BCUT2D eigenvalue weighted by molar-refractivity contribution is 0.274. The van der Waals surface area contributed by atoms with Crippen molar-refractivity contribution < 1.29 is 9.47 Å². The molecule has 0 aliphatic carbocycles. The van der Waals surface area contributed by atoms with Gasteiger partial charge in [-0.1, -0.05) is 22.0 Å². The van der Waals surface area contributed by atoms with Gasteiger partial charge < -0.3 is 9.47 Å². The second-order valence-electron chi connectivity index (χ2n) is 4.18. The zero-order valence-electron chi connectivity index (χ0n) is 11.3. The van der Waals surface area contributed by atoms with Crippen molar-refractivity contribution in [3.63, 3.8) is 0 Å². The van der Waals surface area contributed by atoms with E-state index < -0.39 is 0 Å². The summed E-state index contributed by atoms with van der Waals surface area (Å²) < 4.78 is 13.1. The van der Waals surface area contributed by atoms with Crippen LogP contribution < -0.4 is 15.0 Å². The molecular weight excluding hydrogens is 324 g/mol. The molecule has 2 rings (SSSR count). The SMILES string of the molecule is COc1nc(C)cc(=O)n1CCOc1cccc(Br)c1. The molecule has 20 heavy (non-hydrogen) atoms. The number of hydrogen-bond donors (Lipinski definition) is 0. The maximum Gasteiger partial charge on any atom is 0.299 e. The molecule has 0 N–H and O–H groups in total. The molecule has 0 fully saturated rings. The minimum absolute atomic E-state index is 0.146. The third-order valence-electron chi connectivity index (χ3n) is 2.66. The van der Waals surface area contributed by atoms with Gasteiger partial charge in [0.25, 0.3) is 11.6 Å². The van der Waals surface area contributed by atoms with E-state index in [2.05, 4.69) is 20.9 Å². The van der Waals surface area contributed by atoms with Gasteiger partial charge in [0.15, 0.2) is 0 Å². The van der Waals surface area contributed by atoms with Crippen LogP contribution >= 0.6 is 15.9 Å². The number of aryl methyl sites for hydroxylation is 1. The summed E-state index contributed by atoms with van der Waals surface area (Å²) in [7, 11) is 1.49. The van der Waals surface area contributed by atoms with Crippen molar-refractivity contribution in [1.29, 1.82) is 0 Å². The van der Waals surface area contributed by atoms with Gasteiger partial charge in [0.05, 0.1) is 13.7 Å². The first-order valence-electron chi connectivity index (χ1n) is 6.11. The Morgan fingerprint density at radius 2 is 2.15 bits per heavy atom. The molecule has 1 aromatic carbocycles. The van der Waals surface area contributed by atoms with Crippen LogP contribution in [-0.4, -0.2) is 23.3 Å². The van der Waals surface area contributed by atoms with E-state index in [1.54, 1.807) is 6.92 Å². The van der Waals surface area contributed by atoms with Gasteiger partial charge in [0, 0.05) is 16.2 Å². The number of methoxy groups -OCH3 is 1. The second kappa shape index (κ2) is 6.56. The second-order valence-corrected chi connectivity index (χ2v) is 5.10. The lowest BCUT2D eigenvalue weighted by Crippen LogP contribution is -2.25. The van der Waals surface area contributed by atoms with Gasteiger partial charge in [-0.25, -0.2) is 4.98 Å². The van der Waals surface area contributed by atoms with Crippen molar-refractivity contribution in [2.75, 3.05) is 13.7 Å². The topological polar surface area (TPSA) is 53.3 Å². The van der Waals surface area contributed by atoms with Crippen LogP contribution in [0, 0.1) is 6.92 Å². The molecule has 0 bridgehead atoms. The standard InChI is InChI=1S/C14H15BrN2O3/c1-10-8-13(18)17(14(16-10)19-2)6-7-20-12-5-3-4-11(15)9-12/h3-5,8-9H,6-7H2,1-2H3. The maximum atomic E-state index is 11.9. The molecule has 0 atom stereocenters. The smallest absolute Gasteiger partial charge is 0.299 e. The highest BCUT2D eigenvalue weighted by molar-refractivity contribution is 9.10. The molecule has 0 unspecified atom stereocenters. The Balaban J connectivity index is 2.06. The van der Waals surface area contributed by atoms with Crippen LogP contribution in [0.15, 0.2) is 39.6 Å². The van der Waals surface area contributed by atoms with Crippen LogP contribution in [0.3, 0.4) is 0 Å². The Morgan fingerprint density at radius 3 is 2.85 bits per heavy atom. The fourth-order valence-corrected chi connectivity index (χ4v) is 2.15.